The van der Waals surface area contributed by atoms with Crippen LogP contribution in [-0.2, 0) is 6.42 Å². The van der Waals surface area contributed by atoms with Crippen molar-refractivity contribution < 1.29 is 0 Å². The van der Waals surface area contributed by atoms with Crippen molar-refractivity contribution in [1.82, 2.24) is 10.3 Å². The first-order valence-corrected chi connectivity index (χ1v) is 8.65. The molecule has 2 aromatic rings. The highest BCUT2D eigenvalue weighted by Gasteiger charge is 2.18. The molecule has 1 saturated heterocycles. The first-order chi connectivity index (χ1) is 10.4. The molecule has 1 N–H and O–H groups in total. The zero-order valence-electron chi connectivity index (χ0n) is 12.6. The average Bonchev–Trinajstić information content (AvgIpc) is 2.99. The van der Waals surface area contributed by atoms with Crippen LogP contribution in [-0.4, -0.2) is 31.7 Å². The second-order valence-electron chi connectivity index (χ2n) is 5.54. The Morgan fingerprint density at radius 2 is 1.90 bits per heavy atom. The van der Waals surface area contributed by atoms with Gasteiger partial charge in [-0.2, -0.15) is 0 Å². The van der Waals surface area contributed by atoms with E-state index in [-0.39, 0.29) is 0 Å². The van der Waals surface area contributed by atoms with Crippen molar-refractivity contribution in [1.29, 1.82) is 0 Å². The van der Waals surface area contributed by atoms with E-state index in [1.54, 1.807) is 0 Å². The molecule has 0 amide bonds. The number of nitrogens with one attached hydrogen (secondary N) is 1. The monoisotopic (exact) mass is 301 g/mol. The van der Waals surface area contributed by atoms with Gasteiger partial charge in [0, 0.05) is 23.5 Å². The molecule has 3 nitrogen and oxygen atoms in total. The number of aromatic nitrogens is 1. The van der Waals surface area contributed by atoms with Crippen molar-refractivity contribution >= 4 is 16.5 Å². The van der Waals surface area contributed by atoms with E-state index in [1.807, 2.05) is 18.4 Å². The van der Waals surface area contributed by atoms with Crippen LogP contribution in [0.15, 0.2) is 30.3 Å². The number of benzene rings is 1. The summed E-state index contributed by atoms with van der Waals surface area (Å²) < 4.78 is 0. The third kappa shape index (κ3) is 3.44. The molecule has 1 aromatic heterocycles. The van der Waals surface area contributed by atoms with Crippen LogP contribution in [0.1, 0.15) is 24.1 Å². The third-order valence-corrected chi connectivity index (χ3v) is 5.14. The van der Waals surface area contributed by atoms with Gasteiger partial charge in [0.25, 0.3) is 0 Å². The maximum Gasteiger partial charge on any atom is 0.186 e. The van der Waals surface area contributed by atoms with Gasteiger partial charge in [0.05, 0.1) is 5.69 Å². The number of hydrogen-bond donors (Lipinski definition) is 1. The molecular weight excluding hydrogens is 278 g/mol. The van der Waals surface area contributed by atoms with Gasteiger partial charge in [0.2, 0.25) is 0 Å². The van der Waals surface area contributed by atoms with E-state index in [1.165, 1.54) is 40.5 Å². The van der Waals surface area contributed by atoms with Gasteiger partial charge in [-0.25, -0.2) is 4.98 Å². The van der Waals surface area contributed by atoms with Gasteiger partial charge < -0.3 is 10.2 Å². The fraction of sp³-hybridized carbons (Fsp3) is 0.471. The molecule has 1 aliphatic heterocycles. The molecule has 0 bridgehead atoms. The number of nitrogens with zero attached hydrogens (tertiary/aromatic N) is 2. The van der Waals surface area contributed by atoms with Crippen molar-refractivity contribution in [3.63, 3.8) is 0 Å². The van der Waals surface area contributed by atoms with Crippen molar-refractivity contribution in [2.45, 2.75) is 25.7 Å². The van der Waals surface area contributed by atoms with Crippen LogP contribution >= 0.6 is 11.3 Å². The van der Waals surface area contributed by atoms with Crippen LogP contribution in [0.5, 0.6) is 0 Å². The topological polar surface area (TPSA) is 28.2 Å². The van der Waals surface area contributed by atoms with Crippen LogP contribution in [0.2, 0.25) is 0 Å². The normalized spacial score (nSPS) is 15.4. The Labute approximate surface area is 131 Å². The number of hydrogen-bond acceptors (Lipinski definition) is 4. The molecule has 0 saturated carbocycles. The molecule has 1 aliphatic rings. The van der Waals surface area contributed by atoms with Crippen LogP contribution in [0.25, 0.3) is 11.3 Å². The maximum atomic E-state index is 4.97. The molecular formula is C17H23N3S. The summed E-state index contributed by atoms with van der Waals surface area (Å²) in [6, 6.07) is 10.6. The number of rotatable bonds is 5. The van der Waals surface area contributed by atoms with E-state index in [4.69, 9.17) is 4.98 Å². The lowest BCUT2D eigenvalue weighted by Crippen LogP contribution is -2.29. The van der Waals surface area contributed by atoms with E-state index in [0.29, 0.717) is 0 Å². The minimum absolute atomic E-state index is 1.00. The van der Waals surface area contributed by atoms with Gasteiger partial charge in [-0.15, -0.1) is 11.3 Å². The molecule has 4 heteroatoms. The molecule has 0 spiro atoms. The lowest BCUT2D eigenvalue weighted by atomic mass is 10.1. The van der Waals surface area contributed by atoms with Crippen molar-refractivity contribution in [2.24, 2.45) is 0 Å². The summed E-state index contributed by atoms with van der Waals surface area (Å²) in [5.41, 5.74) is 2.42. The van der Waals surface area contributed by atoms with E-state index < -0.39 is 0 Å². The predicted octanol–water partition coefficient (Wildman–Crippen LogP) is 3.56. The standard InChI is InChI=1S/C17H23N3S/c1-18-11-10-15-16(14-8-4-2-5-9-14)19-17(21-15)20-12-6-3-7-13-20/h2,4-5,8-9,18H,3,6-7,10-13H2,1H3. The molecule has 21 heavy (non-hydrogen) atoms. The molecule has 0 atom stereocenters. The average molecular weight is 301 g/mol. The Kier molecular flexibility index (Phi) is 4.88. The fourth-order valence-corrected chi connectivity index (χ4v) is 3.92. The zero-order chi connectivity index (χ0) is 14.5. The Morgan fingerprint density at radius 1 is 1.14 bits per heavy atom. The number of thiazole rings is 1. The largest absolute Gasteiger partial charge is 0.348 e. The molecule has 3 rings (SSSR count). The smallest absolute Gasteiger partial charge is 0.186 e. The van der Waals surface area contributed by atoms with Crippen LogP contribution < -0.4 is 10.2 Å². The van der Waals surface area contributed by atoms with Crippen molar-refractivity contribution in [3.8, 4) is 11.3 Å². The molecule has 0 radical (unpaired) electrons. The highest BCUT2D eigenvalue weighted by Crippen LogP contribution is 2.34. The van der Waals surface area contributed by atoms with Gasteiger partial charge in [-0.1, -0.05) is 30.3 Å². The summed E-state index contributed by atoms with van der Waals surface area (Å²) in [6.07, 6.45) is 5.00. The Bertz CT molecular complexity index is 559. The van der Waals surface area contributed by atoms with Gasteiger partial charge in [-0.3, -0.25) is 0 Å². The minimum Gasteiger partial charge on any atom is -0.348 e. The second-order valence-corrected chi connectivity index (χ2v) is 6.60. The number of anilines is 1. The quantitative estimate of drug-likeness (QED) is 0.915. The summed E-state index contributed by atoms with van der Waals surface area (Å²) in [7, 11) is 2.01. The first-order valence-electron chi connectivity index (χ1n) is 7.83. The molecule has 0 unspecified atom stereocenters. The van der Waals surface area contributed by atoms with E-state index in [9.17, 15) is 0 Å². The van der Waals surface area contributed by atoms with Gasteiger partial charge in [-0.05, 0) is 39.3 Å². The summed E-state index contributed by atoms with van der Waals surface area (Å²) in [5.74, 6) is 0. The second kappa shape index (κ2) is 7.05. The number of piperidine rings is 1. The maximum absolute atomic E-state index is 4.97. The fourth-order valence-electron chi connectivity index (χ4n) is 2.79. The van der Waals surface area contributed by atoms with Gasteiger partial charge in [0.15, 0.2) is 5.13 Å². The van der Waals surface area contributed by atoms with E-state index in [2.05, 4.69) is 40.5 Å². The van der Waals surface area contributed by atoms with Crippen molar-refractivity contribution in [3.05, 3.63) is 35.2 Å². The third-order valence-electron chi connectivity index (χ3n) is 3.96. The van der Waals surface area contributed by atoms with Crippen molar-refractivity contribution in [2.75, 3.05) is 31.6 Å². The van der Waals surface area contributed by atoms with Gasteiger partial charge in [0.1, 0.15) is 0 Å². The molecule has 1 fully saturated rings. The lowest BCUT2D eigenvalue weighted by Gasteiger charge is -2.25. The molecule has 0 aliphatic carbocycles. The highest BCUT2D eigenvalue weighted by atomic mass is 32.1. The lowest BCUT2D eigenvalue weighted by molar-refractivity contribution is 0.577. The first kappa shape index (κ1) is 14.5. The SMILES string of the molecule is CNCCc1sc(N2CCCCC2)nc1-c1ccccc1. The summed E-state index contributed by atoms with van der Waals surface area (Å²) in [6.45, 7) is 3.32. The van der Waals surface area contributed by atoms with Gasteiger partial charge >= 0.3 is 0 Å². The zero-order valence-corrected chi connectivity index (χ0v) is 13.5. The Morgan fingerprint density at radius 3 is 2.62 bits per heavy atom. The van der Waals surface area contributed by atoms with E-state index >= 15 is 0 Å². The molecule has 112 valence electrons. The van der Waals surface area contributed by atoms with Crippen LogP contribution in [0.3, 0.4) is 0 Å². The number of likely N-dealkylation sites (N-methyl/N-ethyl adjacent to an activating group) is 1. The summed E-state index contributed by atoms with van der Waals surface area (Å²) in [4.78, 5) is 8.83. The molecule has 1 aromatic carbocycles. The predicted molar refractivity (Wildman–Crippen MR) is 91.2 cm³/mol. The van der Waals surface area contributed by atoms with Crippen LogP contribution in [0, 0.1) is 0 Å². The minimum atomic E-state index is 1.00. The summed E-state index contributed by atoms with van der Waals surface area (Å²) >= 11 is 1.88. The highest BCUT2D eigenvalue weighted by molar-refractivity contribution is 7.16. The molecule has 2 heterocycles. The Balaban J connectivity index is 1.90. The van der Waals surface area contributed by atoms with E-state index in [0.717, 1.165) is 26.1 Å². The van der Waals surface area contributed by atoms with Crippen LogP contribution in [0.4, 0.5) is 5.13 Å². The summed E-state index contributed by atoms with van der Waals surface area (Å²) in [5, 5.41) is 4.46. The Hall–Kier alpha value is -1.39.